The minimum Gasteiger partial charge on any atom is -0.489 e. The molecule has 0 amide bonds. The first kappa shape index (κ1) is 9.70. The van der Waals surface area contributed by atoms with Crippen LogP contribution >= 0.6 is 0 Å². The lowest BCUT2D eigenvalue weighted by Crippen LogP contribution is -2.25. The second kappa shape index (κ2) is 3.81. The molecule has 0 radical (unpaired) electrons. The molecule has 16 heavy (non-hydrogen) atoms. The summed E-state index contributed by atoms with van der Waals surface area (Å²) in [7, 11) is 0. The van der Waals surface area contributed by atoms with Crippen molar-refractivity contribution in [3.05, 3.63) is 23.3 Å². The molecule has 3 heteroatoms. The summed E-state index contributed by atoms with van der Waals surface area (Å²) in [5.74, 6) is 1.68. The van der Waals surface area contributed by atoms with E-state index in [1.807, 2.05) is 0 Å². The number of carbonyl (C=O) groups is 1. The number of benzene rings is 1. The maximum Gasteiger partial charge on any atom is 0.165 e. The lowest BCUT2D eigenvalue weighted by molar-refractivity contribution is -0.114. The van der Waals surface area contributed by atoms with Gasteiger partial charge < -0.3 is 9.47 Å². The van der Waals surface area contributed by atoms with Crippen LogP contribution in [0.5, 0.6) is 11.5 Å². The Kier molecular flexibility index (Phi) is 2.31. The molecule has 0 N–H and O–H groups in total. The summed E-state index contributed by atoms with van der Waals surface area (Å²) in [5, 5.41) is 0. The zero-order valence-corrected chi connectivity index (χ0v) is 9.07. The first-order valence-electron chi connectivity index (χ1n) is 5.78. The molecular weight excluding hydrogens is 204 g/mol. The summed E-state index contributed by atoms with van der Waals surface area (Å²) >= 11 is 0. The van der Waals surface area contributed by atoms with Gasteiger partial charge in [-0.25, -0.2) is 0 Å². The molecule has 84 valence electrons. The monoisotopic (exact) mass is 218 g/mol. The normalized spacial score (nSPS) is 22.4. The van der Waals surface area contributed by atoms with Gasteiger partial charge in [0.2, 0.25) is 0 Å². The standard InChI is InChI=1S/C13H14O3/c14-8-11-6-5-10-4-3-9-2-1-7-15-12(9)13(10)16-11/h3-4,8,11H,1-2,5-7H2. The van der Waals surface area contributed by atoms with E-state index in [1.54, 1.807) is 0 Å². The zero-order valence-electron chi connectivity index (χ0n) is 9.07. The molecule has 0 spiro atoms. The molecule has 0 saturated carbocycles. The number of rotatable bonds is 1. The predicted octanol–water partition coefficient (Wildman–Crippen LogP) is 1.90. The van der Waals surface area contributed by atoms with Gasteiger partial charge in [0.05, 0.1) is 6.61 Å². The van der Waals surface area contributed by atoms with Gasteiger partial charge in [0.15, 0.2) is 23.9 Å². The predicted molar refractivity (Wildman–Crippen MR) is 59.1 cm³/mol. The number of carbonyl (C=O) groups excluding carboxylic acids is 1. The van der Waals surface area contributed by atoms with E-state index >= 15 is 0 Å². The highest BCUT2D eigenvalue weighted by Gasteiger charge is 2.25. The van der Waals surface area contributed by atoms with Crippen molar-refractivity contribution in [2.45, 2.75) is 31.8 Å². The summed E-state index contributed by atoms with van der Waals surface area (Å²) in [6.45, 7) is 0.749. The lowest BCUT2D eigenvalue weighted by atomic mass is 9.97. The fraction of sp³-hybridized carbons (Fsp3) is 0.462. The van der Waals surface area contributed by atoms with Gasteiger partial charge in [-0.1, -0.05) is 12.1 Å². The Balaban J connectivity index is 2.04. The first-order chi connectivity index (χ1) is 7.88. The van der Waals surface area contributed by atoms with E-state index < -0.39 is 0 Å². The molecule has 0 bridgehead atoms. The van der Waals surface area contributed by atoms with Crippen LogP contribution in [0.25, 0.3) is 0 Å². The Morgan fingerprint density at radius 1 is 1.19 bits per heavy atom. The van der Waals surface area contributed by atoms with E-state index in [4.69, 9.17) is 9.47 Å². The molecule has 2 aliphatic heterocycles. The molecule has 0 saturated heterocycles. The van der Waals surface area contributed by atoms with Crippen molar-refractivity contribution < 1.29 is 14.3 Å². The van der Waals surface area contributed by atoms with Crippen LogP contribution in [-0.4, -0.2) is 19.0 Å². The molecular formula is C13H14O3. The van der Waals surface area contributed by atoms with Crippen LogP contribution in [0.1, 0.15) is 24.0 Å². The Bertz CT molecular complexity index is 425. The third kappa shape index (κ3) is 1.47. The van der Waals surface area contributed by atoms with E-state index in [-0.39, 0.29) is 6.10 Å². The number of fused-ring (bicyclic) bond motifs is 3. The van der Waals surface area contributed by atoms with E-state index in [9.17, 15) is 4.79 Å². The van der Waals surface area contributed by atoms with Gasteiger partial charge in [0, 0.05) is 0 Å². The van der Waals surface area contributed by atoms with Gasteiger partial charge in [0.25, 0.3) is 0 Å². The summed E-state index contributed by atoms with van der Waals surface area (Å²) < 4.78 is 11.4. The molecule has 0 fully saturated rings. The summed E-state index contributed by atoms with van der Waals surface area (Å²) in [6, 6.07) is 4.22. The molecule has 3 rings (SSSR count). The fourth-order valence-corrected chi connectivity index (χ4v) is 2.37. The van der Waals surface area contributed by atoms with Gasteiger partial charge in [-0.05, 0) is 36.8 Å². The minimum absolute atomic E-state index is 0.301. The molecule has 2 aliphatic rings. The fourth-order valence-electron chi connectivity index (χ4n) is 2.37. The highest BCUT2D eigenvalue weighted by Crippen LogP contribution is 2.41. The van der Waals surface area contributed by atoms with Gasteiger partial charge >= 0.3 is 0 Å². The first-order valence-corrected chi connectivity index (χ1v) is 5.78. The highest BCUT2D eigenvalue weighted by molar-refractivity contribution is 5.61. The number of hydrogen-bond donors (Lipinski definition) is 0. The van der Waals surface area contributed by atoms with Crippen LogP contribution in [0.2, 0.25) is 0 Å². The third-order valence-corrected chi connectivity index (χ3v) is 3.23. The van der Waals surface area contributed by atoms with Crippen LogP contribution in [0.4, 0.5) is 0 Å². The van der Waals surface area contributed by atoms with Crippen molar-refractivity contribution in [1.29, 1.82) is 0 Å². The van der Waals surface area contributed by atoms with E-state index in [1.165, 1.54) is 11.1 Å². The SMILES string of the molecule is O=CC1CCc2ccc3c(c2O1)OCCC3. The number of aldehydes is 1. The quantitative estimate of drug-likeness (QED) is 0.675. The Morgan fingerprint density at radius 2 is 2.00 bits per heavy atom. The zero-order chi connectivity index (χ0) is 11.0. The average molecular weight is 218 g/mol. The van der Waals surface area contributed by atoms with Crippen LogP contribution in [-0.2, 0) is 17.6 Å². The molecule has 3 nitrogen and oxygen atoms in total. The molecule has 1 unspecified atom stereocenters. The van der Waals surface area contributed by atoms with Gasteiger partial charge in [0.1, 0.15) is 0 Å². The number of hydrogen-bond acceptors (Lipinski definition) is 3. The van der Waals surface area contributed by atoms with Crippen molar-refractivity contribution in [3.8, 4) is 11.5 Å². The number of ether oxygens (including phenoxy) is 2. The van der Waals surface area contributed by atoms with Crippen molar-refractivity contribution >= 4 is 6.29 Å². The third-order valence-electron chi connectivity index (χ3n) is 3.23. The van der Waals surface area contributed by atoms with Gasteiger partial charge in [-0.2, -0.15) is 0 Å². The number of aryl methyl sites for hydroxylation is 2. The summed E-state index contributed by atoms with van der Waals surface area (Å²) in [5.41, 5.74) is 2.37. The molecule has 0 aromatic heterocycles. The minimum atomic E-state index is -0.301. The maximum absolute atomic E-state index is 10.8. The topological polar surface area (TPSA) is 35.5 Å². The molecule has 0 aliphatic carbocycles. The smallest absolute Gasteiger partial charge is 0.165 e. The van der Waals surface area contributed by atoms with Crippen LogP contribution < -0.4 is 9.47 Å². The molecule has 1 aromatic carbocycles. The van der Waals surface area contributed by atoms with E-state index in [0.717, 1.165) is 50.1 Å². The van der Waals surface area contributed by atoms with Crippen LogP contribution in [0.15, 0.2) is 12.1 Å². The highest BCUT2D eigenvalue weighted by atomic mass is 16.5. The second-order valence-electron chi connectivity index (χ2n) is 4.33. The summed E-state index contributed by atoms with van der Waals surface area (Å²) in [6.07, 6.45) is 4.35. The van der Waals surface area contributed by atoms with Gasteiger partial charge in [-0.15, -0.1) is 0 Å². The van der Waals surface area contributed by atoms with Crippen LogP contribution in [0.3, 0.4) is 0 Å². The summed E-state index contributed by atoms with van der Waals surface area (Å²) in [4.78, 5) is 10.8. The van der Waals surface area contributed by atoms with Crippen molar-refractivity contribution in [2.75, 3.05) is 6.61 Å². The molecule has 2 heterocycles. The van der Waals surface area contributed by atoms with Crippen LogP contribution in [0, 0.1) is 0 Å². The van der Waals surface area contributed by atoms with E-state index in [2.05, 4.69) is 12.1 Å². The second-order valence-corrected chi connectivity index (χ2v) is 4.33. The lowest BCUT2D eigenvalue weighted by Gasteiger charge is -2.27. The van der Waals surface area contributed by atoms with Gasteiger partial charge in [-0.3, -0.25) is 4.79 Å². The largest absolute Gasteiger partial charge is 0.489 e. The Hall–Kier alpha value is -1.51. The molecule has 1 atom stereocenters. The maximum atomic E-state index is 10.8. The Morgan fingerprint density at radius 3 is 2.81 bits per heavy atom. The van der Waals surface area contributed by atoms with Crippen molar-refractivity contribution in [3.63, 3.8) is 0 Å². The Labute approximate surface area is 94.4 Å². The van der Waals surface area contributed by atoms with Crippen molar-refractivity contribution in [2.24, 2.45) is 0 Å². The van der Waals surface area contributed by atoms with Crippen molar-refractivity contribution in [1.82, 2.24) is 0 Å². The van der Waals surface area contributed by atoms with E-state index in [0.29, 0.717) is 0 Å². The molecule has 1 aromatic rings. The average Bonchev–Trinajstić information content (AvgIpc) is 2.38.